The summed E-state index contributed by atoms with van der Waals surface area (Å²) in [6, 6.07) is 0. The Morgan fingerprint density at radius 2 is 0.550 bits per heavy atom. The second-order valence-electron chi connectivity index (χ2n) is 19.5. The molecule has 0 unspecified atom stereocenters. The fourth-order valence-corrected chi connectivity index (χ4v) is 8.17. The maximum atomic E-state index is 12.7. The van der Waals surface area contributed by atoms with Crippen LogP contribution in [0.3, 0.4) is 0 Å². The molecule has 0 aliphatic heterocycles. The van der Waals surface area contributed by atoms with Crippen LogP contribution in [0, 0.1) is 11.8 Å². The molecule has 0 aliphatic rings. The Hall–Kier alpha value is -1.59. The highest BCUT2D eigenvalue weighted by atomic mass is 16.6. The molecule has 0 aliphatic carbocycles. The maximum Gasteiger partial charge on any atom is 0.306 e. The summed E-state index contributed by atoms with van der Waals surface area (Å²) in [5.74, 6) is 0.840. The maximum absolute atomic E-state index is 12.7. The summed E-state index contributed by atoms with van der Waals surface area (Å²) in [6.45, 7) is 11.4. The smallest absolute Gasteiger partial charge is 0.306 e. The summed E-state index contributed by atoms with van der Waals surface area (Å²) in [6.07, 6.45) is 48.2. The fraction of sp³-hybridized carbons (Fsp3) is 0.944. The first-order valence-electron chi connectivity index (χ1n) is 26.7. The molecule has 0 radical (unpaired) electrons. The van der Waals surface area contributed by atoms with Crippen LogP contribution in [0.5, 0.6) is 0 Å². The average molecular weight is 849 g/mol. The monoisotopic (exact) mass is 849 g/mol. The van der Waals surface area contributed by atoms with Crippen LogP contribution in [0.1, 0.15) is 298 Å². The van der Waals surface area contributed by atoms with Gasteiger partial charge < -0.3 is 14.2 Å². The van der Waals surface area contributed by atoms with E-state index >= 15 is 0 Å². The van der Waals surface area contributed by atoms with Gasteiger partial charge >= 0.3 is 17.9 Å². The SMILES string of the molecule is CCCCCCCCCC(=O)O[C@H](COC(=O)CCCCCCCCCCCCCCCCCCC(C)C)COC(=O)CCCCCCCCCCCCCCCC(C)C. The zero-order chi connectivity index (χ0) is 44.0. The lowest BCUT2D eigenvalue weighted by molar-refractivity contribution is -0.167. The topological polar surface area (TPSA) is 78.9 Å². The number of ether oxygens (including phenoxy) is 3. The van der Waals surface area contributed by atoms with Crippen molar-refractivity contribution in [2.24, 2.45) is 11.8 Å². The van der Waals surface area contributed by atoms with Gasteiger partial charge in [0.25, 0.3) is 0 Å². The third kappa shape index (κ3) is 47.5. The van der Waals surface area contributed by atoms with E-state index in [0.29, 0.717) is 19.3 Å². The highest BCUT2D eigenvalue weighted by molar-refractivity contribution is 5.71. The first-order valence-corrected chi connectivity index (χ1v) is 26.7. The van der Waals surface area contributed by atoms with Gasteiger partial charge in [0, 0.05) is 19.3 Å². The molecule has 0 saturated heterocycles. The van der Waals surface area contributed by atoms with Gasteiger partial charge in [-0.05, 0) is 31.1 Å². The van der Waals surface area contributed by atoms with Gasteiger partial charge in [-0.2, -0.15) is 0 Å². The molecular weight excluding hydrogens is 745 g/mol. The first-order chi connectivity index (χ1) is 29.2. The van der Waals surface area contributed by atoms with Crippen LogP contribution in [0.25, 0.3) is 0 Å². The van der Waals surface area contributed by atoms with Crippen molar-refractivity contribution in [1.82, 2.24) is 0 Å². The minimum atomic E-state index is -0.760. The third-order valence-electron chi connectivity index (χ3n) is 12.2. The quantitative estimate of drug-likeness (QED) is 0.0345. The number of carbonyl (C=O) groups excluding carboxylic acids is 3. The largest absolute Gasteiger partial charge is 0.462 e. The molecule has 6 heteroatoms. The van der Waals surface area contributed by atoms with Crippen LogP contribution >= 0.6 is 0 Å². The van der Waals surface area contributed by atoms with E-state index in [9.17, 15) is 14.4 Å². The van der Waals surface area contributed by atoms with E-state index in [0.717, 1.165) is 69.6 Å². The molecule has 0 aromatic heterocycles. The van der Waals surface area contributed by atoms with E-state index in [1.165, 1.54) is 186 Å². The van der Waals surface area contributed by atoms with Crippen molar-refractivity contribution in [2.75, 3.05) is 13.2 Å². The molecule has 356 valence electrons. The number of hydrogen-bond donors (Lipinski definition) is 0. The van der Waals surface area contributed by atoms with Crippen LogP contribution in [0.15, 0.2) is 0 Å². The van der Waals surface area contributed by atoms with Crippen molar-refractivity contribution in [1.29, 1.82) is 0 Å². The van der Waals surface area contributed by atoms with E-state index in [-0.39, 0.29) is 31.1 Å². The van der Waals surface area contributed by atoms with E-state index in [1.54, 1.807) is 0 Å². The Morgan fingerprint density at radius 3 is 0.817 bits per heavy atom. The molecule has 0 spiro atoms. The lowest BCUT2D eigenvalue weighted by Crippen LogP contribution is -2.30. The summed E-state index contributed by atoms with van der Waals surface area (Å²) < 4.78 is 16.8. The summed E-state index contributed by atoms with van der Waals surface area (Å²) in [5, 5.41) is 0. The zero-order valence-electron chi connectivity index (χ0n) is 41.1. The molecule has 6 nitrogen and oxygen atoms in total. The molecule has 0 heterocycles. The van der Waals surface area contributed by atoms with Crippen molar-refractivity contribution in [3.05, 3.63) is 0 Å². The van der Waals surface area contributed by atoms with Gasteiger partial charge in [0.05, 0.1) is 0 Å². The van der Waals surface area contributed by atoms with Crippen LogP contribution in [0.4, 0.5) is 0 Å². The third-order valence-corrected chi connectivity index (χ3v) is 12.2. The molecule has 0 amide bonds. The Labute approximate surface area is 374 Å². The van der Waals surface area contributed by atoms with E-state index in [4.69, 9.17) is 14.2 Å². The molecule has 0 bridgehead atoms. The average Bonchev–Trinajstić information content (AvgIpc) is 3.22. The molecule has 0 saturated carbocycles. The molecule has 0 aromatic carbocycles. The van der Waals surface area contributed by atoms with Crippen molar-refractivity contribution < 1.29 is 28.6 Å². The lowest BCUT2D eigenvalue weighted by Gasteiger charge is -2.18. The lowest BCUT2D eigenvalue weighted by atomic mass is 10.0. The summed E-state index contributed by atoms with van der Waals surface area (Å²) >= 11 is 0. The van der Waals surface area contributed by atoms with E-state index < -0.39 is 6.10 Å². The van der Waals surface area contributed by atoms with Crippen molar-refractivity contribution >= 4 is 17.9 Å². The molecule has 0 aromatic rings. The number of unbranched alkanes of at least 4 members (excludes halogenated alkanes) is 33. The normalized spacial score (nSPS) is 12.1. The Balaban J connectivity index is 4.13. The highest BCUT2D eigenvalue weighted by Crippen LogP contribution is 2.18. The van der Waals surface area contributed by atoms with Crippen molar-refractivity contribution in [2.45, 2.75) is 304 Å². The van der Waals surface area contributed by atoms with Gasteiger partial charge in [-0.1, -0.05) is 259 Å². The van der Waals surface area contributed by atoms with Gasteiger partial charge in [0.1, 0.15) is 13.2 Å². The van der Waals surface area contributed by atoms with Gasteiger partial charge in [-0.15, -0.1) is 0 Å². The molecule has 0 rings (SSSR count). The number of hydrogen-bond acceptors (Lipinski definition) is 6. The Bertz CT molecular complexity index is 916. The van der Waals surface area contributed by atoms with Gasteiger partial charge in [0.15, 0.2) is 6.10 Å². The Morgan fingerprint density at radius 1 is 0.317 bits per heavy atom. The van der Waals surface area contributed by atoms with Crippen LogP contribution in [-0.4, -0.2) is 37.2 Å². The summed E-state index contributed by atoms with van der Waals surface area (Å²) in [7, 11) is 0. The van der Waals surface area contributed by atoms with Gasteiger partial charge in [-0.3, -0.25) is 14.4 Å². The predicted octanol–water partition coefficient (Wildman–Crippen LogP) is 17.3. The fourth-order valence-electron chi connectivity index (χ4n) is 8.17. The molecule has 1 atom stereocenters. The minimum Gasteiger partial charge on any atom is -0.462 e. The van der Waals surface area contributed by atoms with Crippen LogP contribution in [0.2, 0.25) is 0 Å². The van der Waals surface area contributed by atoms with Crippen molar-refractivity contribution in [3.8, 4) is 0 Å². The second kappa shape index (κ2) is 46.9. The Kier molecular flexibility index (Phi) is 45.7. The zero-order valence-corrected chi connectivity index (χ0v) is 41.1. The standard InChI is InChI=1S/C54H104O6/c1-6-7-8-9-27-36-41-46-54(57)60-51(48-59-53(56)45-40-35-31-26-22-18-14-16-20-24-29-33-38-43-50(4)5)47-58-52(55)44-39-34-30-25-21-17-13-11-10-12-15-19-23-28-32-37-42-49(2)3/h49-51H,6-48H2,1-5H3/t51-/m1/s1. The van der Waals surface area contributed by atoms with Crippen LogP contribution < -0.4 is 0 Å². The predicted molar refractivity (Wildman–Crippen MR) is 256 cm³/mol. The summed E-state index contributed by atoms with van der Waals surface area (Å²) in [4.78, 5) is 37.8. The summed E-state index contributed by atoms with van der Waals surface area (Å²) in [5.41, 5.74) is 0. The van der Waals surface area contributed by atoms with Crippen LogP contribution in [-0.2, 0) is 28.6 Å². The molecule has 0 N–H and O–H groups in total. The van der Waals surface area contributed by atoms with E-state index in [1.807, 2.05) is 0 Å². The van der Waals surface area contributed by atoms with Gasteiger partial charge in [0.2, 0.25) is 0 Å². The van der Waals surface area contributed by atoms with Gasteiger partial charge in [-0.25, -0.2) is 0 Å². The number of carbonyl (C=O) groups is 3. The second-order valence-corrected chi connectivity index (χ2v) is 19.5. The molecule has 60 heavy (non-hydrogen) atoms. The highest BCUT2D eigenvalue weighted by Gasteiger charge is 2.19. The molecular formula is C54H104O6. The van der Waals surface area contributed by atoms with E-state index in [2.05, 4.69) is 34.6 Å². The number of rotatable bonds is 48. The number of esters is 3. The minimum absolute atomic E-state index is 0.0639. The van der Waals surface area contributed by atoms with Crippen molar-refractivity contribution in [3.63, 3.8) is 0 Å². The molecule has 0 fully saturated rings. The first kappa shape index (κ1) is 58.4.